The number of aliphatic hydroxyl groups excluding tert-OH is 2. The molecule has 1 aromatic carbocycles. The second-order valence-corrected chi connectivity index (χ2v) is 9.17. The zero-order chi connectivity index (χ0) is 23.7. The van der Waals surface area contributed by atoms with Crippen LogP contribution in [0.2, 0.25) is 5.02 Å². The van der Waals surface area contributed by atoms with Gasteiger partial charge >= 0.3 is 5.97 Å². The molecule has 3 aromatic rings. The number of benzene rings is 1. The molecule has 2 unspecified atom stereocenters. The summed E-state index contributed by atoms with van der Waals surface area (Å²) >= 11 is 6.34. The van der Waals surface area contributed by atoms with Gasteiger partial charge in [0.1, 0.15) is 12.4 Å². The Morgan fingerprint density at radius 1 is 1.26 bits per heavy atom. The highest BCUT2D eigenvalue weighted by molar-refractivity contribution is 6.32. The van der Waals surface area contributed by atoms with Crippen molar-refractivity contribution in [3.05, 3.63) is 61.1 Å². The standard InChI is InChI=1S/C24H20ClFN2O6/c25-20-11-2-1-10(8-33-4-3-29)18-13-7-28-17(21(13)27-16(19(11)18)6-15(20)26)5-12-14(23(28)31)9-34-24(32)22(12)30/h5-6,10,22,29-30H,1-4,7-9H2. The molecular weight excluding hydrogens is 467 g/mol. The van der Waals surface area contributed by atoms with Gasteiger partial charge in [-0.05, 0) is 30.0 Å². The van der Waals surface area contributed by atoms with E-state index in [1.54, 1.807) is 10.6 Å². The monoisotopic (exact) mass is 486 g/mol. The highest BCUT2D eigenvalue weighted by Gasteiger charge is 2.37. The quantitative estimate of drug-likeness (QED) is 0.336. The molecule has 0 radical (unpaired) electrons. The van der Waals surface area contributed by atoms with Gasteiger partial charge in [0, 0.05) is 28.5 Å². The van der Waals surface area contributed by atoms with E-state index >= 15 is 0 Å². The summed E-state index contributed by atoms with van der Waals surface area (Å²) in [4.78, 5) is 29.9. The van der Waals surface area contributed by atoms with Crippen molar-refractivity contribution in [2.45, 2.75) is 38.0 Å². The van der Waals surface area contributed by atoms with Gasteiger partial charge in [0.2, 0.25) is 0 Å². The lowest BCUT2D eigenvalue weighted by Crippen LogP contribution is -2.32. The van der Waals surface area contributed by atoms with Gasteiger partial charge in [0.25, 0.3) is 5.56 Å². The van der Waals surface area contributed by atoms with Crippen LogP contribution in [0.5, 0.6) is 0 Å². The molecule has 0 saturated carbocycles. The van der Waals surface area contributed by atoms with Gasteiger partial charge in [-0.3, -0.25) is 4.79 Å². The van der Waals surface area contributed by atoms with Crippen molar-refractivity contribution >= 4 is 28.5 Å². The molecule has 0 amide bonds. The van der Waals surface area contributed by atoms with Crippen molar-refractivity contribution in [2.24, 2.45) is 0 Å². The van der Waals surface area contributed by atoms with Crippen LogP contribution in [-0.4, -0.2) is 45.6 Å². The minimum absolute atomic E-state index is 0.0602. The fraction of sp³-hybridized carbons (Fsp3) is 0.375. The molecule has 4 heterocycles. The van der Waals surface area contributed by atoms with Gasteiger partial charge < -0.3 is 24.3 Å². The third-order valence-corrected chi connectivity index (χ3v) is 7.39. The Hall–Kier alpha value is -2.85. The second kappa shape index (κ2) is 7.84. The average molecular weight is 487 g/mol. The minimum atomic E-state index is -1.55. The first-order valence-corrected chi connectivity index (χ1v) is 11.4. The van der Waals surface area contributed by atoms with Gasteiger partial charge in [-0.1, -0.05) is 11.6 Å². The molecule has 6 rings (SSSR count). The fourth-order valence-corrected chi connectivity index (χ4v) is 5.70. The van der Waals surface area contributed by atoms with Crippen LogP contribution in [-0.2, 0) is 33.8 Å². The molecule has 2 N–H and O–H groups in total. The Morgan fingerprint density at radius 3 is 2.88 bits per heavy atom. The molecule has 0 bridgehead atoms. The highest BCUT2D eigenvalue weighted by atomic mass is 35.5. The number of fused-ring (bicyclic) bond motifs is 5. The van der Waals surface area contributed by atoms with E-state index in [9.17, 15) is 19.1 Å². The van der Waals surface area contributed by atoms with Crippen molar-refractivity contribution in [1.29, 1.82) is 0 Å². The molecule has 34 heavy (non-hydrogen) atoms. The zero-order valence-corrected chi connectivity index (χ0v) is 18.7. The molecule has 8 nitrogen and oxygen atoms in total. The first-order chi connectivity index (χ1) is 16.4. The lowest BCUT2D eigenvalue weighted by atomic mass is 9.80. The molecule has 2 aromatic heterocycles. The Balaban J connectivity index is 1.62. The summed E-state index contributed by atoms with van der Waals surface area (Å²) in [6.45, 7) is 0.487. The van der Waals surface area contributed by atoms with E-state index in [1.165, 1.54) is 6.07 Å². The van der Waals surface area contributed by atoms with Gasteiger partial charge in [-0.15, -0.1) is 0 Å². The number of ether oxygens (including phenoxy) is 2. The summed E-state index contributed by atoms with van der Waals surface area (Å²) in [6, 6.07) is 2.90. The number of cyclic esters (lactones) is 1. The van der Waals surface area contributed by atoms with Crippen LogP contribution >= 0.6 is 11.6 Å². The second-order valence-electron chi connectivity index (χ2n) is 8.80. The minimum Gasteiger partial charge on any atom is -0.458 e. The lowest BCUT2D eigenvalue weighted by molar-refractivity contribution is -0.157. The van der Waals surface area contributed by atoms with E-state index in [4.69, 9.17) is 31.2 Å². The van der Waals surface area contributed by atoms with Crippen LogP contribution in [0.4, 0.5) is 4.39 Å². The maximum atomic E-state index is 14.7. The van der Waals surface area contributed by atoms with E-state index in [-0.39, 0.29) is 54.0 Å². The number of carbonyl (C=O) groups is 1. The van der Waals surface area contributed by atoms with E-state index in [1.807, 2.05) is 0 Å². The smallest absolute Gasteiger partial charge is 0.340 e. The number of hydrogen-bond donors (Lipinski definition) is 2. The number of pyridine rings is 2. The number of hydrogen-bond acceptors (Lipinski definition) is 7. The van der Waals surface area contributed by atoms with E-state index in [0.717, 1.165) is 16.5 Å². The largest absolute Gasteiger partial charge is 0.458 e. The normalized spacial score (nSPS) is 20.2. The topological polar surface area (TPSA) is 111 Å². The van der Waals surface area contributed by atoms with Crippen LogP contribution in [0.3, 0.4) is 0 Å². The third kappa shape index (κ3) is 2.97. The summed E-state index contributed by atoms with van der Waals surface area (Å²) in [5, 5.41) is 20.3. The molecule has 3 aliphatic rings. The van der Waals surface area contributed by atoms with Crippen LogP contribution < -0.4 is 5.56 Å². The average Bonchev–Trinajstić information content (AvgIpc) is 3.19. The van der Waals surface area contributed by atoms with Crippen LogP contribution in [0, 0.1) is 5.82 Å². The number of aryl methyl sites for hydroxylation is 1. The lowest BCUT2D eigenvalue weighted by Gasteiger charge is -2.28. The molecule has 1 aliphatic carbocycles. The van der Waals surface area contributed by atoms with Crippen LogP contribution in [0.1, 0.15) is 46.3 Å². The highest BCUT2D eigenvalue weighted by Crippen LogP contribution is 2.46. The SMILES string of the molecule is O=C1OCc2c(cc3n(c2=O)Cc2c-3nc3cc(F)c(Cl)c4c3c2C(COCCO)CC4)C1O. The van der Waals surface area contributed by atoms with Crippen molar-refractivity contribution in [2.75, 3.05) is 19.8 Å². The summed E-state index contributed by atoms with van der Waals surface area (Å²) in [5.41, 5.74) is 3.90. The zero-order valence-electron chi connectivity index (χ0n) is 17.9. The number of rotatable bonds is 4. The molecule has 10 heteroatoms. The molecule has 0 saturated heterocycles. The number of nitrogens with zero attached hydrogens (tertiary/aromatic N) is 2. The van der Waals surface area contributed by atoms with Crippen molar-refractivity contribution < 1.29 is 28.9 Å². The third-order valence-electron chi connectivity index (χ3n) is 6.98. The van der Waals surface area contributed by atoms with Crippen LogP contribution in [0.15, 0.2) is 16.9 Å². The van der Waals surface area contributed by atoms with Crippen molar-refractivity contribution in [3.63, 3.8) is 0 Å². The molecule has 2 atom stereocenters. The Bertz CT molecular complexity index is 1450. The predicted molar refractivity (Wildman–Crippen MR) is 119 cm³/mol. The summed E-state index contributed by atoms with van der Waals surface area (Å²) in [6.07, 6.45) is -0.330. The Kier molecular flexibility index (Phi) is 5.00. The Morgan fingerprint density at radius 2 is 2.09 bits per heavy atom. The number of aromatic nitrogens is 2. The van der Waals surface area contributed by atoms with Gasteiger partial charge in [-0.2, -0.15) is 0 Å². The van der Waals surface area contributed by atoms with Crippen molar-refractivity contribution in [3.8, 4) is 11.4 Å². The summed E-state index contributed by atoms with van der Waals surface area (Å²) in [7, 11) is 0. The first-order valence-electron chi connectivity index (χ1n) is 11.0. The summed E-state index contributed by atoms with van der Waals surface area (Å²) < 4.78 is 26.8. The first kappa shape index (κ1) is 21.7. The Labute approximate surface area is 197 Å². The van der Waals surface area contributed by atoms with Gasteiger partial charge in [0.15, 0.2) is 6.10 Å². The van der Waals surface area contributed by atoms with Gasteiger partial charge in [-0.25, -0.2) is 14.2 Å². The molecule has 0 fully saturated rings. The number of esters is 1. The number of aliphatic hydroxyl groups is 2. The maximum Gasteiger partial charge on any atom is 0.340 e. The maximum absolute atomic E-state index is 14.7. The number of carbonyl (C=O) groups excluding carboxylic acids is 1. The van der Waals surface area contributed by atoms with Gasteiger partial charge in [0.05, 0.1) is 53.9 Å². The predicted octanol–water partition coefficient (Wildman–Crippen LogP) is 2.35. The molecule has 2 aliphatic heterocycles. The summed E-state index contributed by atoms with van der Waals surface area (Å²) in [5.74, 6) is -1.43. The van der Waals surface area contributed by atoms with Crippen molar-refractivity contribution in [1.82, 2.24) is 9.55 Å². The van der Waals surface area contributed by atoms with E-state index < -0.39 is 17.9 Å². The molecule has 176 valence electrons. The van der Waals surface area contributed by atoms with E-state index in [0.29, 0.717) is 41.9 Å². The van der Waals surface area contributed by atoms with E-state index in [2.05, 4.69) is 0 Å². The molecule has 0 spiro atoms. The van der Waals surface area contributed by atoms with Crippen LogP contribution in [0.25, 0.3) is 22.3 Å². The number of halogens is 2. The fourth-order valence-electron chi connectivity index (χ4n) is 5.45. The molecular formula is C24H20ClFN2O6.